The summed E-state index contributed by atoms with van der Waals surface area (Å²) in [6.45, 7) is 0. The molecule has 0 aliphatic rings. The number of thiophene rings is 1. The monoisotopic (exact) mass is 239 g/mol. The zero-order chi connectivity index (χ0) is 11.5. The third kappa shape index (κ3) is 1.65. The number of nitrogens with zero attached hydrogens (tertiary/aromatic N) is 3. The Bertz CT molecular complexity index is 531. The minimum absolute atomic E-state index is 0.000556. The second kappa shape index (κ2) is 4.11. The summed E-state index contributed by atoms with van der Waals surface area (Å²) < 4.78 is 4.26. The standard InChI is InChI=1S/C8H5N3O4S/c12-8(6-2-1-3-16-6)7-5(4-9-13)11(14)15-10-7/h1-4,13H. The van der Waals surface area contributed by atoms with Crippen LogP contribution in [0.2, 0.25) is 0 Å². The lowest BCUT2D eigenvalue weighted by Gasteiger charge is -1.89. The van der Waals surface area contributed by atoms with Gasteiger partial charge in [0, 0.05) is 0 Å². The van der Waals surface area contributed by atoms with Gasteiger partial charge >= 0.3 is 0 Å². The van der Waals surface area contributed by atoms with Crippen molar-refractivity contribution in [2.45, 2.75) is 0 Å². The fraction of sp³-hybridized carbons (Fsp3) is 0. The third-order valence-electron chi connectivity index (χ3n) is 1.79. The Morgan fingerprint density at radius 3 is 3.19 bits per heavy atom. The van der Waals surface area contributed by atoms with Gasteiger partial charge in [-0.2, -0.15) is 0 Å². The van der Waals surface area contributed by atoms with Crippen LogP contribution in [0.3, 0.4) is 0 Å². The van der Waals surface area contributed by atoms with Crippen LogP contribution < -0.4 is 4.90 Å². The fourth-order valence-corrected chi connectivity index (χ4v) is 1.76. The quantitative estimate of drug-likeness (QED) is 0.275. The average Bonchev–Trinajstić information content (AvgIpc) is 2.89. The molecule has 0 atom stereocenters. The molecule has 2 heterocycles. The molecule has 82 valence electrons. The first-order chi connectivity index (χ1) is 7.74. The molecule has 0 aliphatic heterocycles. The van der Waals surface area contributed by atoms with Gasteiger partial charge in [0.2, 0.25) is 0 Å². The molecule has 0 aromatic carbocycles. The molecular formula is C8H5N3O4S. The van der Waals surface area contributed by atoms with Crippen LogP contribution in [0.4, 0.5) is 0 Å². The van der Waals surface area contributed by atoms with Crippen LogP contribution in [-0.2, 0) is 0 Å². The van der Waals surface area contributed by atoms with Crippen molar-refractivity contribution in [3.05, 3.63) is 39.0 Å². The van der Waals surface area contributed by atoms with E-state index in [1.54, 1.807) is 17.5 Å². The third-order valence-corrected chi connectivity index (χ3v) is 2.65. The molecule has 0 radical (unpaired) electrons. The predicted octanol–water partition coefficient (Wildman–Crippen LogP) is 0.409. The van der Waals surface area contributed by atoms with Crippen molar-refractivity contribution in [2.75, 3.05) is 0 Å². The van der Waals surface area contributed by atoms with Gasteiger partial charge in [0.1, 0.15) is 6.21 Å². The zero-order valence-electron chi connectivity index (χ0n) is 7.73. The summed E-state index contributed by atoms with van der Waals surface area (Å²) >= 11 is 1.21. The van der Waals surface area contributed by atoms with E-state index in [0.717, 1.165) is 6.21 Å². The first kappa shape index (κ1) is 10.3. The van der Waals surface area contributed by atoms with Gasteiger partial charge in [-0.25, -0.2) is 0 Å². The molecule has 0 fully saturated rings. The highest BCUT2D eigenvalue weighted by Crippen LogP contribution is 2.14. The lowest BCUT2D eigenvalue weighted by Crippen LogP contribution is -2.29. The number of carbonyl (C=O) groups excluding carboxylic acids is 1. The van der Waals surface area contributed by atoms with Gasteiger partial charge in [0.05, 0.1) is 10.0 Å². The van der Waals surface area contributed by atoms with E-state index in [9.17, 15) is 10.0 Å². The first-order valence-electron chi connectivity index (χ1n) is 4.09. The predicted molar refractivity (Wildman–Crippen MR) is 52.6 cm³/mol. The van der Waals surface area contributed by atoms with Gasteiger partial charge in [-0.3, -0.25) is 9.42 Å². The van der Waals surface area contributed by atoms with E-state index in [1.165, 1.54) is 11.3 Å². The van der Waals surface area contributed by atoms with Crippen LogP contribution in [0.15, 0.2) is 27.3 Å². The maximum absolute atomic E-state index is 11.8. The number of oxime groups is 1. The molecule has 0 spiro atoms. The Hall–Kier alpha value is -2.22. The van der Waals surface area contributed by atoms with Crippen LogP contribution in [0, 0.1) is 5.21 Å². The Labute approximate surface area is 92.8 Å². The number of ketones is 1. The molecule has 2 aromatic heterocycles. The summed E-state index contributed by atoms with van der Waals surface area (Å²) in [5.41, 5.74) is -0.420. The Kier molecular flexibility index (Phi) is 2.64. The number of rotatable bonds is 3. The lowest BCUT2D eigenvalue weighted by molar-refractivity contribution is -0.803. The number of aromatic nitrogens is 2. The molecule has 0 unspecified atom stereocenters. The van der Waals surface area contributed by atoms with E-state index in [0.29, 0.717) is 4.88 Å². The van der Waals surface area contributed by atoms with Gasteiger partial charge in [-0.15, -0.1) is 11.3 Å². The van der Waals surface area contributed by atoms with E-state index in [1.807, 2.05) is 0 Å². The molecule has 2 rings (SSSR count). The summed E-state index contributed by atoms with van der Waals surface area (Å²) in [5, 5.41) is 27.1. The Balaban J connectivity index is 2.45. The SMILES string of the molecule is O=C(c1cccs1)c1no[n+]([O-])c1C=NO. The van der Waals surface area contributed by atoms with E-state index < -0.39 is 5.78 Å². The van der Waals surface area contributed by atoms with E-state index >= 15 is 0 Å². The largest absolute Gasteiger partial charge is 0.411 e. The zero-order valence-corrected chi connectivity index (χ0v) is 8.55. The van der Waals surface area contributed by atoms with Crippen LogP contribution in [0.5, 0.6) is 0 Å². The topological polar surface area (TPSA) is 103 Å². The minimum Gasteiger partial charge on any atom is -0.411 e. The molecule has 16 heavy (non-hydrogen) atoms. The summed E-state index contributed by atoms with van der Waals surface area (Å²) in [4.78, 5) is 12.2. The van der Waals surface area contributed by atoms with Gasteiger partial charge in [-0.1, -0.05) is 11.2 Å². The Morgan fingerprint density at radius 2 is 2.56 bits per heavy atom. The van der Waals surface area contributed by atoms with E-state index in [-0.39, 0.29) is 16.3 Å². The maximum Gasteiger partial charge on any atom is 0.298 e. The van der Waals surface area contributed by atoms with E-state index in [2.05, 4.69) is 14.9 Å². The van der Waals surface area contributed by atoms with Crippen molar-refractivity contribution in [1.29, 1.82) is 0 Å². The lowest BCUT2D eigenvalue weighted by atomic mass is 10.2. The average molecular weight is 239 g/mol. The molecular weight excluding hydrogens is 234 g/mol. The van der Waals surface area contributed by atoms with Crippen molar-refractivity contribution in [3.63, 3.8) is 0 Å². The highest BCUT2D eigenvalue weighted by atomic mass is 32.1. The van der Waals surface area contributed by atoms with Crippen molar-refractivity contribution < 1.29 is 19.5 Å². The molecule has 8 heteroatoms. The molecule has 0 aliphatic carbocycles. The van der Waals surface area contributed by atoms with Gasteiger partial charge in [-0.05, 0) is 16.3 Å². The number of hydrogen-bond donors (Lipinski definition) is 1. The van der Waals surface area contributed by atoms with Crippen LogP contribution in [0.25, 0.3) is 0 Å². The van der Waals surface area contributed by atoms with E-state index in [4.69, 9.17) is 5.21 Å². The van der Waals surface area contributed by atoms with Crippen molar-refractivity contribution in [2.24, 2.45) is 5.16 Å². The van der Waals surface area contributed by atoms with Crippen LogP contribution in [0.1, 0.15) is 21.1 Å². The summed E-state index contributed by atoms with van der Waals surface area (Å²) in [6, 6.07) is 3.29. The molecule has 0 saturated heterocycles. The maximum atomic E-state index is 11.8. The van der Waals surface area contributed by atoms with Crippen LogP contribution in [-0.4, -0.2) is 22.4 Å². The molecule has 1 N–H and O–H groups in total. The Morgan fingerprint density at radius 1 is 1.75 bits per heavy atom. The fourth-order valence-electron chi connectivity index (χ4n) is 1.10. The molecule has 2 aromatic rings. The summed E-state index contributed by atoms with van der Waals surface area (Å²) in [6.07, 6.45) is 0.796. The second-order valence-corrected chi connectivity index (χ2v) is 3.66. The molecule has 0 bridgehead atoms. The number of carbonyl (C=O) groups is 1. The molecule has 0 saturated carbocycles. The highest BCUT2D eigenvalue weighted by Gasteiger charge is 2.26. The van der Waals surface area contributed by atoms with Crippen molar-refractivity contribution in [3.8, 4) is 0 Å². The smallest absolute Gasteiger partial charge is 0.298 e. The highest BCUT2D eigenvalue weighted by molar-refractivity contribution is 7.12. The minimum atomic E-state index is -0.455. The van der Waals surface area contributed by atoms with Gasteiger partial charge in [0.25, 0.3) is 17.2 Å². The summed E-state index contributed by atoms with van der Waals surface area (Å²) in [5.74, 6) is -0.455. The molecule has 7 nitrogen and oxygen atoms in total. The van der Waals surface area contributed by atoms with Gasteiger partial charge < -0.3 is 10.4 Å². The van der Waals surface area contributed by atoms with Crippen LogP contribution >= 0.6 is 11.3 Å². The first-order valence-corrected chi connectivity index (χ1v) is 4.97. The second-order valence-electron chi connectivity index (χ2n) is 2.71. The summed E-state index contributed by atoms with van der Waals surface area (Å²) in [7, 11) is 0. The number of hydrogen-bond acceptors (Lipinski definition) is 7. The molecule has 0 amide bonds. The van der Waals surface area contributed by atoms with Gasteiger partial charge in [0.15, 0.2) is 0 Å². The normalized spacial score (nSPS) is 11.0. The van der Waals surface area contributed by atoms with Crippen molar-refractivity contribution in [1.82, 2.24) is 5.16 Å². The van der Waals surface area contributed by atoms with Crippen molar-refractivity contribution >= 4 is 23.3 Å².